The molecular formula is C16H26N2O6Si. The third-order valence-corrected chi connectivity index (χ3v) is 9.47. The van der Waals surface area contributed by atoms with E-state index in [0.29, 0.717) is 6.29 Å². The molecule has 0 aromatic carbocycles. The highest BCUT2D eigenvalue weighted by Crippen LogP contribution is 2.41. The first kappa shape index (κ1) is 19.8. The molecule has 4 atom stereocenters. The summed E-state index contributed by atoms with van der Waals surface area (Å²) in [7, 11) is -0.724. The van der Waals surface area contributed by atoms with Crippen LogP contribution in [0.4, 0.5) is 0 Å². The van der Waals surface area contributed by atoms with Gasteiger partial charge in [-0.05, 0) is 18.1 Å². The normalized spacial score (nSPS) is 27.4. The number of aromatic amines is 1. The van der Waals surface area contributed by atoms with Crippen molar-refractivity contribution in [2.45, 2.75) is 63.4 Å². The van der Waals surface area contributed by atoms with Crippen LogP contribution in [0.15, 0.2) is 21.9 Å². The Labute approximate surface area is 147 Å². The number of nitrogens with one attached hydrogen (secondary N) is 1. The molecule has 25 heavy (non-hydrogen) atoms. The maximum atomic E-state index is 12.1. The van der Waals surface area contributed by atoms with Gasteiger partial charge in [0.1, 0.15) is 18.3 Å². The lowest BCUT2D eigenvalue weighted by atomic mass is 10.1. The highest BCUT2D eigenvalue weighted by molar-refractivity contribution is 6.74. The molecule has 2 heterocycles. The number of carbonyl (C=O) groups is 1. The van der Waals surface area contributed by atoms with Crippen LogP contribution in [0.25, 0.3) is 0 Å². The van der Waals surface area contributed by atoms with E-state index in [1.54, 1.807) is 0 Å². The monoisotopic (exact) mass is 370 g/mol. The predicted molar refractivity (Wildman–Crippen MR) is 94.2 cm³/mol. The van der Waals surface area contributed by atoms with E-state index < -0.39 is 44.1 Å². The van der Waals surface area contributed by atoms with Gasteiger partial charge >= 0.3 is 5.69 Å². The number of aldehydes is 1. The summed E-state index contributed by atoms with van der Waals surface area (Å²) in [5, 5.41) is -0.0639. The molecule has 1 aliphatic rings. The zero-order valence-electron chi connectivity index (χ0n) is 15.4. The van der Waals surface area contributed by atoms with Crippen LogP contribution in [0.3, 0.4) is 0 Å². The minimum absolute atomic E-state index is 0.0639. The molecule has 0 bridgehead atoms. The van der Waals surface area contributed by atoms with E-state index in [1.807, 2.05) is 0 Å². The second-order valence-electron chi connectivity index (χ2n) is 7.69. The first-order valence-electron chi connectivity index (χ1n) is 8.14. The average Bonchev–Trinajstić information content (AvgIpc) is 2.82. The Morgan fingerprint density at radius 3 is 2.40 bits per heavy atom. The Hall–Kier alpha value is -1.55. The topological polar surface area (TPSA) is 99.6 Å². The van der Waals surface area contributed by atoms with Gasteiger partial charge in [-0.25, -0.2) is 4.79 Å². The van der Waals surface area contributed by atoms with Gasteiger partial charge in [0.05, 0.1) is 0 Å². The molecule has 1 fully saturated rings. The third-order valence-electron chi connectivity index (χ3n) is 4.99. The zero-order chi connectivity index (χ0) is 19.0. The van der Waals surface area contributed by atoms with Crippen LogP contribution in [-0.4, -0.2) is 49.6 Å². The first-order chi connectivity index (χ1) is 11.5. The van der Waals surface area contributed by atoms with Gasteiger partial charge in [-0.2, -0.15) is 0 Å². The van der Waals surface area contributed by atoms with Gasteiger partial charge in [0.15, 0.2) is 20.8 Å². The molecule has 0 spiro atoms. The van der Waals surface area contributed by atoms with E-state index >= 15 is 0 Å². The number of methoxy groups -OCH3 is 1. The van der Waals surface area contributed by atoms with Crippen molar-refractivity contribution in [2.75, 3.05) is 7.11 Å². The van der Waals surface area contributed by atoms with Crippen LogP contribution in [0.2, 0.25) is 18.1 Å². The lowest BCUT2D eigenvalue weighted by molar-refractivity contribution is -0.122. The third kappa shape index (κ3) is 3.84. The van der Waals surface area contributed by atoms with Crippen LogP contribution >= 0.6 is 0 Å². The van der Waals surface area contributed by atoms with Gasteiger partial charge in [0, 0.05) is 19.4 Å². The van der Waals surface area contributed by atoms with E-state index in [9.17, 15) is 14.4 Å². The maximum Gasteiger partial charge on any atom is 0.330 e. The number of hydrogen-bond acceptors (Lipinski definition) is 6. The molecule has 0 amide bonds. The summed E-state index contributed by atoms with van der Waals surface area (Å²) in [6.45, 7) is 10.4. The van der Waals surface area contributed by atoms with Crippen molar-refractivity contribution in [1.82, 2.24) is 9.55 Å². The highest BCUT2D eigenvalue weighted by Gasteiger charge is 2.51. The summed E-state index contributed by atoms with van der Waals surface area (Å²) in [6.07, 6.45) is -1.02. The average molecular weight is 370 g/mol. The van der Waals surface area contributed by atoms with Gasteiger partial charge in [0.25, 0.3) is 5.56 Å². The maximum absolute atomic E-state index is 12.1. The summed E-state index contributed by atoms with van der Waals surface area (Å²) in [4.78, 5) is 37.1. The van der Waals surface area contributed by atoms with Crippen molar-refractivity contribution in [3.8, 4) is 0 Å². The van der Waals surface area contributed by atoms with E-state index in [4.69, 9.17) is 13.9 Å². The fourth-order valence-electron chi connectivity index (χ4n) is 2.53. The quantitative estimate of drug-likeness (QED) is 0.614. The second kappa shape index (κ2) is 6.98. The molecule has 1 saturated heterocycles. The van der Waals surface area contributed by atoms with Crippen LogP contribution in [-0.2, 0) is 18.7 Å². The van der Waals surface area contributed by atoms with E-state index in [-0.39, 0.29) is 5.04 Å². The van der Waals surface area contributed by atoms with Crippen molar-refractivity contribution >= 4 is 14.6 Å². The Balaban J connectivity index is 2.39. The molecular weight excluding hydrogens is 344 g/mol. The van der Waals surface area contributed by atoms with Gasteiger partial charge in [-0.1, -0.05) is 20.8 Å². The molecule has 1 aliphatic heterocycles. The summed E-state index contributed by atoms with van der Waals surface area (Å²) in [5.41, 5.74) is -1.13. The van der Waals surface area contributed by atoms with E-state index in [0.717, 1.165) is 0 Å². The number of hydrogen-bond donors (Lipinski definition) is 1. The lowest BCUT2D eigenvalue weighted by Gasteiger charge is -2.39. The largest absolute Gasteiger partial charge is 0.408 e. The number of carbonyl (C=O) groups excluding carboxylic acids is 1. The summed E-state index contributed by atoms with van der Waals surface area (Å²) < 4.78 is 18.8. The van der Waals surface area contributed by atoms with Crippen molar-refractivity contribution < 1.29 is 18.7 Å². The van der Waals surface area contributed by atoms with Gasteiger partial charge < -0.3 is 18.7 Å². The van der Waals surface area contributed by atoms with Crippen molar-refractivity contribution in [2.24, 2.45) is 0 Å². The molecule has 0 aliphatic carbocycles. The molecule has 1 aromatic rings. The summed E-state index contributed by atoms with van der Waals surface area (Å²) in [5.74, 6) is 0. The molecule has 1 unspecified atom stereocenters. The molecule has 0 radical (unpaired) electrons. The van der Waals surface area contributed by atoms with Crippen LogP contribution in [0.5, 0.6) is 0 Å². The standard InChI is InChI=1S/C16H26N2O6Si/c1-16(2,3)25(5,6)24-12-10(9-19)23-14(13(12)22-4)18-8-7-11(20)17-15(18)21/h7-10,12-14H,1-6H3,(H,17,20,21)/t10-,12+,13?,14-/m1/s1. The smallest absolute Gasteiger partial charge is 0.330 e. The van der Waals surface area contributed by atoms with Gasteiger partial charge in [-0.15, -0.1) is 0 Å². The first-order valence-corrected chi connectivity index (χ1v) is 11.1. The molecule has 0 saturated carbocycles. The SMILES string of the molecule is COC1[C@@H](O[Si](C)(C)C(C)(C)C)[C@@H](C=O)O[C@H]1n1ccc(=O)[nH]c1=O. The number of aromatic nitrogens is 2. The number of rotatable bonds is 5. The Morgan fingerprint density at radius 2 is 1.92 bits per heavy atom. The summed E-state index contributed by atoms with van der Waals surface area (Å²) in [6, 6.07) is 1.22. The molecule has 1 aromatic heterocycles. The minimum atomic E-state index is -2.20. The van der Waals surface area contributed by atoms with Gasteiger partial charge in [0.2, 0.25) is 0 Å². The fraction of sp³-hybridized carbons (Fsp3) is 0.688. The number of nitrogens with zero attached hydrogens (tertiary/aromatic N) is 1. The number of H-pyrrole nitrogens is 1. The number of ether oxygens (including phenoxy) is 2. The Bertz CT molecular complexity index is 735. The Morgan fingerprint density at radius 1 is 1.28 bits per heavy atom. The van der Waals surface area contributed by atoms with Crippen molar-refractivity contribution in [3.05, 3.63) is 33.1 Å². The van der Waals surface area contributed by atoms with Crippen molar-refractivity contribution in [1.29, 1.82) is 0 Å². The highest BCUT2D eigenvalue weighted by atomic mass is 28.4. The van der Waals surface area contributed by atoms with E-state index in [2.05, 4.69) is 38.8 Å². The lowest BCUT2D eigenvalue weighted by Crippen LogP contribution is -2.50. The van der Waals surface area contributed by atoms with Crippen LogP contribution < -0.4 is 11.2 Å². The minimum Gasteiger partial charge on any atom is -0.408 e. The Kier molecular flexibility index (Phi) is 5.52. The zero-order valence-corrected chi connectivity index (χ0v) is 16.4. The molecule has 9 heteroatoms. The summed E-state index contributed by atoms with van der Waals surface area (Å²) >= 11 is 0. The van der Waals surface area contributed by atoms with Crippen LogP contribution in [0.1, 0.15) is 27.0 Å². The fourth-order valence-corrected chi connectivity index (χ4v) is 3.83. The molecule has 2 rings (SSSR count). The van der Waals surface area contributed by atoms with Crippen molar-refractivity contribution in [3.63, 3.8) is 0 Å². The van der Waals surface area contributed by atoms with Gasteiger partial charge in [-0.3, -0.25) is 14.3 Å². The molecule has 8 nitrogen and oxygen atoms in total. The van der Waals surface area contributed by atoms with E-state index in [1.165, 1.54) is 23.9 Å². The predicted octanol–water partition coefficient (Wildman–Crippen LogP) is 1.04. The molecule has 1 N–H and O–H groups in total. The molecule has 140 valence electrons. The van der Waals surface area contributed by atoms with Crippen LogP contribution in [0, 0.1) is 0 Å². The second-order valence-corrected chi connectivity index (χ2v) is 12.4.